The fraction of sp³-hybridized carbons (Fsp3) is 0.370. The highest BCUT2D eigenvalue weighted by Gasteiger charge is 2.60. The van der Waals surface area contributed by atoms with Crippen molar-refractivity contribution in [2.75, 3.05) is 26.1 Å². The van der Waals surface area contributed by atoms with Crippen molar-refractivity contribution in [1.29, 1.82) is 0 Å². The van der Waals surface area contributed by atoms with Crippen LogP contribution < -0.4 is 19.5 Å². The number of hydrogen-bond donors (Lipinski definition) is 1. The normalized spacial score (nSPS) is 24.0. The first kappa shape index (κ1) is 22.9. The fourth-order valence-electron chi connectivity index (χ4n) is 5.66. The quantitative estimate of drug-likeness (QED) is 0.588. The summed E-state index contributed by atoms with van der Waals surface area (Å²) < 4.78 is 16.8. The van der Waals surface area contributed by atoms with E-state index in [1.165, 1.54) is 32.2 Å². The molecule has 36 heavy (non-hydrogen) atoms. The highest BCUT2D eigenvalue weighted by atomic mass is 35.5. The lowest BCUT2D eigenvalue weighted by atomic mass is 9.74. The molecule has 2 aromatic rings. The maximum absolute atomic E-state index is 13.7. The molecule has 0 aromatic heterocycles. The predicted molar refractivity (Wildman–Crippen MR) is 136 cm³/mol. The molecule has 0 amide bonds. The molecule has 1 fully saturated rings. The molecule has 1 spiro atoms. The summed E-state index contributed by atoms with van der Waals surface area (Å²) in [5.74, 6) is 0.547. The Morgan fingerprint density at radius 3 is 2.75 bits per heavy atom. The van der Waals surface area contributed by atoms with E-state index in [0.29, 0.717) is 12.2 Å². The summed E-state index contributed by atoms with van der Waals surface area (Å²) in [6, 6.07) is 7.60. The zero-order valence-corrected chi connectivity index (χ0v) is 21.1. The molecule has 0 bridgehead atoms. The minimum atomic E-state index is -1.69. The minimum Gasteiger partial charge on any atom is -0.496 e. The van der Waals surface area contributed by atoms with Gasteiger partial charge in [-0.25, -0.2) is 4.99 Å². The van der Waals surface area contributed by atoms with Crippen LogP contribution in [0.3, 0.4) is 0 Å². The van der Waals surface area contributed by atoms with Crippen LogP contribution in [-0.4, -0.2) is 48.7 Å². The van der Waals surface area contributed by atoms with Gasteiger partial charge in [-0.15, -0.1) is 0 Å². The first-order chi connectivity index (χ1) is 17.3. The van der Waals surface area contributed by atoms with E-state index in [-0.39, 0.29) is 22.1 Å². The van der Waals surface area contributed by atoms with Gasteiger partial charge in [-0.1, -0.05) is 18.5 Å². The molecule has 9 heteroatoms. The number of benzene rings is 2. The lowest BCUT2D eigenvalue weighted by molar-refractivity contribution is -0.129. The van der Waals surface area contributed by atoms with Gasteiger partial charge in [-0.3, -0.25) is 9.59 Å². The maximum Gasteiger partial charge on any atom is 0.236 e. The van der Waals surface area contributed by atoms with E-state index in [2.05, 4.69) is 16.3 Å². The Hall–Kier alpha value is -3.52. The molecular formula is C27H26ClN3O5. The van der Waals surface area contributed by atoms with Gasteiger partial charge in [0, 0.05) is 49.0 Å². The van der Waals surface area contributed by atoms with Crippen LogP contribution in [0.2, 0.25) is 5.02 Å². The third kappa shape index (κ3) is 3.24. The van der Waals surface area contributed by atoms with Crippen molar-refractivity contribution in [1.82, 2.24) is 4.90 Å². The average molecular weight is 508 g/mol. The number of carbonyl (C=O) groups is 2. The number of aliphatic imine (C=N–C) groups is 1. The Balaban J connectivity index is 1.29. The number of anilines is 1. The number of nitrogens with one attached hydrogen (secondary N) is 1. The number of ketones is 2. The van der Waals surface area contributed by atoms with E-state index in [1.54, 1.807) is 0 Å². The lowest BCUT2D eigenvalue weighted by Crippen LogP contribution is -2.55. The number of halogens is 1. The van der Waals surface area contributed by atoms with Crippen LogP contribution in [0.15, 0.2) is 41.0 Å². The molecule has 3 heterocycles. The molecule has 1 N–H and O–H groups in total. The number of carbonyl (C=O) groups excluding carboxylic acids is 2. The van der Waals surface area contributed by atoms with Crippen LogP contribution in [-0.2, 0) is 11.3 Å². The standard InChI is InChI=1S/C27H26ClN3O5/c1-14-9-17(29-16-6-7-18-15(10-16)13-31-8-4-5-22(31)30-18)11-21(32)27(14)26(33)23-19(34-2)12-20(35-3)24(28)25(23)36-27/h6-7,10-12,14,29H,4-5,8-9,13H2,1-3H3/t14-,27+/m1/s1. The largest absolute Gasteiger partial charge is 0.496 e. The second-order valence-corrected chi connectivity index (χ2v) is 10.0. The molecule has 3 aliphatic heterocycles. The number of allylic oxidation sites excluding steroid dienone is 1. The highest BCUT2D eigenvalue weighted by molar-refractivity contribution is 6.36. The summed E-state index contributed by atoms with van der Waals surface area (Å²) in [5, 5.41) is 3.52. The van der Waals surface area contributed by atoms with Crippen LogP contribution in [0.4, 0.5) is 11.4 Å². The Labute approximate surface area is 213 Å². The van der Waals surface area contributed by atoms with Crippen molar-refractivity contribution in [2.24, 2.45) is 10.9 Å². The van der Waals surface area contributed by atoms with E-state index in [1.807, 2.05) is 19.1 Å². The molecule has 0 saturated carbocycles. The number of Topliss-reactive ketones (excluding diaryl/α,β-unsaturated/α-hetero) is 1. The summed E-state index contributed by atoms with van der Waals surface area (Å²) in [7, 11) is 2.91. The van der Waals surface area contributed by atoms with E-state index >= 15 is 0 Å². The van der Waals surface area contributed by atoms with E-state index < -0.39 is 23.1 Å². The number of rotatable bonds is 4. The monoisotopic (exact) mass is 507 g/mol. The Morgan fingerprint density at radius 2 is 2.00 bits per heavy atom. The van der Waals surface area contributed by atoms with E-state index in [0.717, 1.165) is 48.6 Å². The molecule has 2 aromatic carbocycles. The van der Waals surface area contributed by atoms with Gasteiger partial charge < -0.3 is 24.4 Å². The third-order valence-corrected chi connectivity index (χ3v) is 7.86. The summed E-state index contributed by atoms with van der Waals surface area (Å²) in [6.07, 6.45) is 4.08. The topological polar surface area (TPSA) is 89.5 Å². The lowest BCUT2D eigenvalue weighted by Gasteiger charge is -2.35. The number of methoxy groups -OCH3 is 2. The van der Waals surface area contributed by atoms with Crippen molar-refractivity contribution in [3.8, 4) is 17.2 Å². The fourth-order valence-corrected chi connectivity index (χ4v) is 5.92. The predicted octanol–water partition coefficient (Wildman–Crippen LogP) is 4.92. The molecule has 1 saturated heterocycles. The Morgan fingerprint density at radius 1 is 1.19 bits per heavy atom. The number of fused-ring (bicyclic) bond motifs is 3. The number of hydrogen-bond acceptors (Lipinski definition) is 8. The maximum atomic E-state index is 13.7. The summed E-state index contributed by atoms with van der Waals surface area (Å²) in [4.78, 5) is 34.3. The first-order valence-corrected chi connectivity index (χ1v) is 12.4. The smallest absolute Gasteiger partial charge is 0.236 e. The molecule has 6 rings (SSSR count). The minimum absolute atomic E-state index is 0.124. The molecule has 8 nitrogen and oxygen atoms in total. The molecule has 186 valence electrons. The van der Waals surface area contributed by atoms with Crippen LogP contribution in [0.25, 0.3) is 0 Å². The summed E-state index contributed by atoms with van der Waals surface area (Å²) >= 11 is 6.46. The molecule has 4 aliphatic rings. The summed E-state index contributed by atoms with van der Waals surface area (Å²) in [6.45, 7) is 3.71. The van der Waals surface area contributed by atoms with Crippen LogP contribution in [0.1, 0.15) is 42.1 Å². The van der Waals surface area contributed by atoms with E-state index in [4.69, 9.17) is 30.8 Å². The van der Waals surface area contributed by atoms with Gasteiger partial charge in [0.05, 0.1) is 19.9 Å². The average Bonchev–Trinajstić information content (AvgIpc) is 3.44. The molecule has 0 radical (unpaired) electrons. The SMILES string of the molecule is COc1cc(OC)c2c(c1Cl)O[C@@]1(C(=O)C=C(Nc3ccc4c(c3)CN3CCCC3=N4)C[C@H]1C)C2=O. The third-order valence-electron chi connectivity index (χ3n) is 7.50. The molecule has 2 atom stereocenters. The second-order valence-electron chi connectivity index (χ2n) is 9.63. The molecular weight excluding hydrogens is 482 g/mol. The van der Waals surface area contributed by atoms with Crippen LogP contribution >= 0.6 is 11.6 Å². The van der Waals surface area contributed by atoms with Crippen molar-refractivity contribution < 1.29 is 23.8 Å². The Kier molecular flexibility index (Phi) is 5.26. The van der Waals surface area contributed by atoms with Crippen molar-refractivity contribution in [3.05, 3.63) is 52.2 Å². The van der Waals surface area contributed by atoms with Crippen molar-refractivity contribution >= 4 is 40.4 Å². The number of nitrogens with zero attached hydrogens (tertiary/aromatic N) is 2. The van der Waals surface area contributed by atoms with E-state index in [9.17, 15) is 9.59 Å². The zero-order valence-electron chi connectivity index (χ0n) is 20.3. The van der Waals surface area contributed by atoms with Gasteiger partial charge in [0.2, 0.25) is 17.2 Å². The second kappa shape index (κ2) is 8.27. The van der Waals surface area contributed by atoms with Crippen molar-refractivity contribution in [3.63, 3.8) is 0 Å². The number of ether oxygens (including phenoxy) is 3. The van der Waals surface area contributed by atoms with Gasteiger partial charge in [-0.05, 0) is 36.6 Å². The zero-order chi connectivity index (χ0) is 25.2. The Bertz CT molecular complexity index is 1380. The molecule has 1 aliphatic carbocycles. The van der Waals surface area contributed by atoms with Gasteiger partial charge in [0.25, 0.3) is 0 Å². The van der Waals surface area contributed by atoms with Gasteiger partial charge in [-0.2, -0.15) is 0 Å². The summed E-state index contributed by atoms with van der Waals surface area (Å²) in [5.41, 5.74) is 2.24. The van der Waals surface area contributed by atoms with Gasteiger partial charge >= 0.3 is 0 Å². The van der Waals surface area contributed by atoms with Crippen LogP contribution in [0.5, 0.6) is 17.2 Å². The molecule has 0 unspecified atom stereocenters. The van der Waals surface area contributed by atoms with Crippen LogP contribution in [0, 0.1) is 5.92 Å². The highest BCUT2D eigenvalue weighted by Crippen LogP contribution is 2.53. The van der Waals surface area contributed by atoms with Crippen molar-refractivity contribution in [2.45, 2.75) is 38.3 Å². The van der Waals surface area contributed by atoms with Gasteiger partial charge in [0.15, 0.2) is 5.75 Å². The van der Waals surface area contributed by atoms with Gasteiger partial charge in [0.1, 0.15) is 27.9 Å². The first-order valence-electron chi connectivity index (χ1n) is 12.0. The number of amidine groups is 1.